The number of hydrogen-bond donors (Lipinski definition) is 2. The van der Waals surface area contributed by atoms with Crippen LogP contribution in [0.5, 0.6) is 0 Å². The molecule has 0 bridgehead atoms. The predicted molar refractivity (Wildman–Crippen MR) is 55.4 cm³/mol. The minimum absolute atomic E-state index is 0.334. The van der Waals surface area contributed by atoms with Crippen molar-refractivity contribution in [2.75, 3.05) is 26.2 Å². The summed E-state index contributed by atoms with van der Waals surface area (Å²) in [5.41, 5.74) is 0. The number of amides is 2. The molecule has 2 saturated heterocycles. The van der Waals surface area contributed by atoms with Gasteiger partial charge in [0.05, 0.1) is 0 Å². The summed E-state index contributed by atoms with van der Waals surface area (Å²) in [7, 11) is 0. The van der Waals surface area contributed by atoms with E-state index in [0.29, 0.717) is 38.0 Å². The van der Waals surface area contributed by atoms with Crippen LogP contribution in [0.25, 0.3) is 0 Å². The van der Waals surface area contributed by atoms with E-state index in [0.717, 1.165) is 12.8 Å². The average molecular weight is 228 g/mol. The largest absolute Gasteiger partial charge is 0.465 e. The van der Waals surface area contributed by atoms with Crippen LogP contribution in [-0.2, 0) is 0 Å². The second kappa shape index (κ2) is 4.19. The fourth-order valence-electron chi connectivity index (χ4n) is 2.70. The van der Waals surface area contributed by atoms with Gasteiger partial charge in [0.1, 0.15) is 0 Å². The van der Waals surface area contributed by atoms with E-state index in [-0.39, 0.29) is 0 Å². The average Bonchev–Trinajstić information content (AvgIpc) is 2.52. The zero-order valence-corrected chi connectivity index (χ0v) is 9.00. The Kier molecular flexibility index (Phi) is 2.89. The zero-order valence-electron chi connectivity index (χ0n) is 9.00. The molecule has 0 aliphatic carbocycles. The molecule has 2 amide bonds. The molecule has 2 aliphatic rings. The normalized spacial score (nSPS) is 29.8. The number of hydrogen-bond acceptors (Lipinski definition) is 2. The molecule has 2 N–H and O–H groups in total. The van der Waals surface area contributed by atoms with E-state index < -0.39 is 12.2 Å². The lowest BCUT2D eigenvalue weighted by molar-refractivity contribution is 0.140. The summed E-state index contributed by atoms with van der Waals surface area (Å²) in [5.74, 6) is 0.667. The highest BCUT2D eigenvalue weighted by Gasteiger charge is 2.37. The second-order valence-electron chi connectivity index (χ2n) is 4.55. The molecule has 0 aromatic heterocycles. The molecule has 0 saturated carbocycles. The van der Waals surface area contributed by atoms with Gasteiger partial charge < -0.3 is 20.0 Å². The van der Waals surface area contributed by atoms with Crippen molar-refractivity contribution in [3.63, 3.8) is 0 Å². The van der Waals surface area contributed by atoms with Gasteiger partial charge in [-0.2, -0.15) is 0 Å². The summed E-state index contributed by atoms with van der Waals surface area (Å²) in [6, 6.07) is 0. The van der Waals surface area contributed by atoms with Gasteiger partial charge in [0, 0.05) is 26.2 Å². The van der Waals surface area contributed by atoms with E-state index in [1.807, 2.05) is 0 Å². The van der Waals surface area contributed by atoms with Crippen molar-refractivity contribution < 1.29 is 19.8 Å². The van der Waals surface area contributed by atoms with Gasteiger partial charge in [0.15, 0.2) is 0 Å². The molecule has 0 aromatic rings. The Bertz CT molecular complexity index is 279. The quantitative estimate of drug-likeness (QED) is 0.647. The summed E-state index contributed by atoms with van der Waals surface area (Å²) in [6.45, 7) is 2.19. The van der Waals surface area contributed by atoms with Crippen molar-refractivity contribution in [1.29, 1.82) is 0 Å². The van der Waals surface area contributed by atoms with E-state index in [4.69, 9.17) is 10.2 Å². The van der Waals surface area contributed by atoms with Gasteiger partial charge in [0.2, 0.25) is 0 Å². The van der Waals surface area contributed by atoms with Crippen molar-refractivity contribution in [2.24, 2.45) is 11.8 Å². The fraction of sp³-hybridized carbons (Fsp3) is 0.800. The first kappa shape index (κ1) is 11.0. The maximum Gasteiger partial charge on any atom is 0.407 e. The molecule has 90 valence electrons. The van der Waals surface area contributed by atoms with Gasteiger partial charge in [0.25, 0.3) is 0 Å². The first-order valence-corrected chi connectivity index (χ1v) is 5.53. The zero-order chi connectivity index (χ0) is 11.7. The third-order valence-corrected chi connectivity index (χ3v) is 3.66. The molecule has 6 nitrogen and oxygen atoms in total. The molecule has 0 spiro atoms. The molecular formula is C10H16N2O4. The van der Waals surface area contributed by atoms with Crippen LogP contribution in [0.4, 0.5) is 9.59 Å². The van der Waals surface area contributed by atoms with E-state index in [1.165, 1.54) is 9.80 Å². The predicted octanol–water partition coefficient (Wildman–Crippen LogP) is 0.986. The first-order valence-electron chi connectivity index (χ1n) is 5.53. The second-order valence-corrected chi connectivity index (χ2v) is 4.55. The van der Waals surface area contributed by atoms with Crippen LogP contribution < -0.4 is 0 Å². The van der Waals surface area contributed by atoms with Gasteiger partial charge in [-0.15, -0.1) is 0 Å². The van der Waals surface area contributed by atoms with Crippen molar-refractivity contribution >= 4 is 12.2 Å². The maximum absolute atomic E-state index is 10.8. The number of carbonyl (C=O) groups is 2. The lowest BCUT2D eigenvalue weighted by atomic mass is 9.92. The maximum atomic E-state index is 10.8. The van der Waals surface area contributed by atoms with Crippen LogP contribution >= 0.6 is 0 Å². The summed E-state index contributed by atoms with van der Waals surface area (Å²) >= 11 is 0. The summed E-state index contributed by atoms with van der Waals surface area (Å²) < 4.78 is 0. The first-order chi connectivity index (χ1) is 7.58. The van der Waals surface area contributed by atoms with Gasteiger partial charge in [-0.05, 0) is 24.7 Å². The van der Waals surface area contributed by atoms with Crippen LogP contribution in [0, 0.1) is 11.8 Å². The third kappa shape index (κ3) is 2.05. The van der Waals surface area contributed by atoms with E-state index in [9.17, 15) is 9.59 Å². The van der Waals surface area contributed by atoms with Gasteiger partial charge in [-0.25, -0.2) is 9.59 Å². The molecule has 0 unspecified atom stereocenters. The highest BCUT2D eigenvalue weighted by Crippen LogP contribution is 2.31. The van der Waals surface area contributed by atoms with Crippen molar-refractivity contribution in [3.8, 4) is 0 Å². The lowest BCUT2D eigenvalue weighted by Crippen LogP contribution is -2.32. The monoisotopic (exact) mass is 228 g/mol. The van der Waals surface area contributed by atoms with Crippen LogP contribution in [0.2, 0.25) is 0 Å². The Morgan fingerprint density at radius 1 is 0.875 bits per heavy atom. The topological polar surface area (TPSA) is 81.1 Å². The van der Waals surface area contributed by atoms with Gasteiger partial charge in [-0.3, -0.25) is 0 Å². The standard InChI is InChI=1S/C10H16N2O4/c13-9(14)11-3-1-7-5-12(10(15)16)6-8(7)2-4-11/h7-8H,1-6H2,(H,13,14)(H,15,16)/t7-,8+. The molecule has 2 heterocycles. The molecule has 0 radical (unpaired) electrons. The Morgan fingerprint density at radius 2 is 1.31 bits per heavy atom. The number of likely N-dealkylation sites (tertiary alicyclic amines) is 2. The van der Waals surface area contributed by atoms with Crippen LogP contribution in [-0.4, -0.2) is 58.4 Å². The molecule has 16 heavy (non-hydrogen) atoms. The molecule has 2 atom stereocenters. The Labute approximate surface area is 93.4 Å². The molecular weight excluding hydrogens is 212 g/mol. The van der Waals surface area contributed by atoms with Crippen LogP contribution in [0.1, 0.15) is 12.8 Å². The van der Waals surface area contributed by atoms with Crippen molar-refractivity contribution in [3.05, 3.63) is 0 Å². The number of nitrogens with zero attached hydrogens (tertiary/aromatic N) is 2. The third-order valence-electron chi connectivity index (χ3n) is 3.66. The van der Waals surface area contributed by atoms with Gasteiger partial charge >= 0.3 is 12.2 Å². The minimum Gasteiger partial charge on any atom is -0.465 e. The molecule has 2 fully saturated rings. The van der Waals surface area contributed by atoms with Crippen LogP contribution in [0.15, 0.2) is 0 Å². The highest BCUT2D eigenvalue weighted by molar-refractivity contribution is 5.66. The van der Waals surface area contributed by atoms with E-state index in [2.05, 4.69) is 0 Å². The number of fused-ring (bicyclic) bond motifs is 1. The number of rotatable bonds is 0. The smallest absolute Gasteiger partial charge is 0.407 e. The lowest BCUT2D eigenvalue weighted by Gasteiger charge is -2.17. The highest BCUT2D eigenvalue weighted by atomic mass is 16.4. The SMILES string of the molecule is O=C(O)N1CC[C@@H]2CN(C(=O)O)C[C@@H]2CC1. The van der Waals surface area contributed by atoms with Crippen molar-refractivity contribution in [1.82, 2.24) is 9.80 Å². The minimum atomic E-state index is -0.866. The molecule has 2 rings (SSSR count). The summed E-state index contributed by atoms with van der Waals surface area (Å²) in [5, 5.41) is 17.8. The molecule has 6 heteroatoms. The molecule has 2 aliphatic heterocycles. The van der Waals surface area contributed by atoms with Crippen LogP contribution in [0.3, 0.4) is 0 Å². The Hall–Kier alpha value is -1.46. The fourth-order valence-corrected chi connectivity index (χ4v) is 2.70. The Morgan fingerprint density at radius 3 is 1.69 bits per heavy atom. The van der Waals surface area contributed by atoms with E-state index >= 15 is 0 Å². The van der Waals surface area contributed by atoms with Crippen molar-refractivity contribution in [2.45, 2.75) is 12.8 Å². The van der Waals surface area contributed by atoms with Gasteiger partial charge in [-0.1, -0.05) is 0 Å². The summed E-state index contributed by atoms with van der Waals surface area (Å²) in [4.78, 5) is 24.5. The molecule has 0 aromatic carbocycles. The Balaban J connectivity index is 1.96. The van der Waals surface area contributed by atoms with E-state index in [1.54, 1.807) is 0 Å². The number of carboxylic acid groups (broad SMARTS) is 2. The summed E-state index contributed by atoms with van der Waals surface area (Å²) in [6.07, 6.45) is -0.167.